The lowest BCUT2D eigenvalue weighted by molar-refractivity contribution is -0.157. The summed E-state index contributed by atoms with van der Waals surface area (Å²) in [6, 6.07) is -0.359. The van der Waals surface area contributed by atoms with Crippen molar-refractivity contribution in [2.24, 2.45) is 5.92 Å². The molecule has 8 heteroatoms. The zero-order chi connectivity index (χ0) is 16.0. The monoisotopic (exact) mass is 317 g/mol. The summed E-state index contributed by atoms with van der Waals surface area (Å²) in [6.07, 6.45) is 1.66. The van der Waals surface area contributed by atoms with Crippen LogP contribution in [0.5, 0.6) is 0 Å². The average molecular weight is 317 g/mol. The minimum Gasteiger partial charge on any atom is -0.469 e. The molecule has 1 aliphatic rings. The fourth-order valence-electron chi connectivity index (χ4n) is 2.13. The third-order valence-corrected chi connectivity index (χ3v) is 3.97. The van der Waals surface area contributed by atoms with Gasteiger partial charge in [-0.2, -0.15) is 0 Å². The van der Waals surface area contributed by atoms with Gasteiger partial charge in [0.05, 0.1) is 25.5 Å². The van der Waals surface area contributed by atoms with Gasteiger partial charge in [0, 0.05) is 6.26 Å². The summed E-state index contributed by atoms with van der Waals surface area (Å²) in [7, 11) is 1.29. The molecule has 7 nitrogen and oxygen atoms in total. The van der Waals surface area contributed by atoms with E-state index in [1.165, 1.54) is 29.4 Å². The highest BCUT2D eigenvalue weighted by atomic mass is 32.2. The number of methoxy groups -OCH3 is 1. The SMILES string of the molecule is C=CCOC(=O)O[C@H](C)[C@H]1C(=O)N(SC)[C@@H]1CC(=O)OC. The third kappa shape index (κ3) is 4.13. The molecule has 0 saturated carbocycles. The number of ether oxygens (including phenoxy) is 3. The van der Waals surface area contributed by atoms with E-state index in [1.807, 2.05) is 0 Å². The van der Waals surface area contributed by atoms with Crippen molar-refractivity contribution < 1.29 is 28.6 Å². The first-order valence-electron chi connectivity index (χ1n) is 6.34. The average Bonchev–Trinajstić information content (AvgIpc) is 2.44. The first kappa shape index (κ1) is 17.4. The molecule has 1 heterocycles. The second kappa shape index (κ2) is 7.92. The summed E-state index contributed by atoms with van der Waals surface area (Å²) in [6.45, 7) is 5.05. The van der Waals surface area contributed by atoms with Crippen LogP contribution in [-0.2, 0) is 23.8 Å². The standard InChI is InChI=1S/C13H19NO6S/c1-5-6-19-13(17)20-8(2)11-9(7-10(15)18-3)14(21-4)12(11)16/h5,8-9,11H,1,6-7H2,2-4H3/t8-,9-,11-/m1/s1. The van der Waals surface area contributed by atoms with Gasteiger partial charge in [0.15, 0.2) is 0 Å². The predicted octanol–water partition coefficient (Wildman–Crippen LogP) is 1.38. The Balaban J connectivity index is 2.65. The van der Waals surface area contributed by atoms with Gasteiger partial charge in [-0.15, -0.1) is 0 Å². The van der Waals surface area contributed by atoms with Crippen molar-refractivity contribution >= 4 is 30.0 Å². The Morgan fingerprint density at radius 1 is 1.52 bits per heavy atom. The maximum atomic E-state index is 12.0. The van der Waals surface area contributed by atoms with Crippen molar-refractivity contribution in [3.63, 3.8) is 0 Å². The fraction of sp³-hybridized carbons (Fsp3) is 0.615. The fourth-order valence-corrected chi connectivity index (χ4v) is 2.91. The summed E-state index contributed by atoms with van der Waals surface area (Å²) in [5.74, 6) is -1.17. The molecule has 1 amide bonds. The highest BCUT2D eigenvalue weighted by molar-refractivity contribution is 7.96. The van der Waals surface area contributed by atoms with Gasteiger partial charge in [0.2, 0.25) is 5.91 Å². The van der Waals surface area contributed by atoms with Gasteiger partial charge < -0.3 is 14.2 Å². The smallest absolute Gasteiger partial charge is 0.469 e. The molecule has 0 aromatic rings. The molecule has 1 rings (SSSR count). The van der Waals surface area contributed by atoms with Crippen LogP contribution in [0.4, 0.5) is 4.79 Å². The van der Waals surface area contributed by atoms with Gasteiger partial charge in [-0.05, 0) is 6.92 Å². The molecule has 21 heavy (non-hydrogen) atoms. The minimum atomic E-state index is -0.866. The molecule has 0 aliphatic carbocycles. The number of hydrogen-bond donors (Lipinski definition) is 0. The van der Waals surface area contributed by atoms with Crippen molar-refractivity contribution in [2.45, 2.75) is 25.5 Å². The van der Waals surface area contributed by atoms with Crippen molar-refractivity contribution in [2.75, 3.05) is 20.0 Å². The van der Waals surface area contributed by atoms with E-state index in [-0.39, 0.29) is 25.0 Å². The first-order valence-corrected chi connectivity index (χ1v) is 7.52. The Morgan fingerprint density at radius 2 is 2.19 bits per heavy atom. The van der Waals surface area contributed by atoms with Crippen molar-refractivity contribution in [3.05, 3.63) is 12.7 Å². The lowest BCUT2D eigenvalue weighted by atomic mass is 9.84. The number of amides is 1. The van der Waals surface area contributed by atoms with Gasteiger partial charge in [0.1, 0.15) is 12.7 Å². The second-order valence-electron chi connectivity index (χ2n) is 4.39. The molecule has 3 atom stereocenters. The van der Waals surface area contributed by atoms with E-state index >= 15 is 0 Å². The van der Waals surface area contributed by atoms with Crippen LogP contribution in [0.25, 0.3) is 0 Å². The van der Waals surface area contributed by atoms with E-state index in [0.717, 1.165) is 0 Å². The maximum absolute atomic E-state index is 12.0. The number of esters is 1. The van der Waals surface area contributed by atoms with E-state index in [2.05, 4.69) is 11.3 Å². The zero-order valence-electron chi connectivity index (χ0n) is 12.2. The van der Waals surface area contributed by atoms with Crippen LogP contribution in [-0.4, -0.2) is 54.5 Å². The zero-order valence-corrected chi connectivity index (χ0v) is 13.1. The van der Waals surface area contributed by atoms with Crippen LogP contribution in [0.1, 0.15) is 13.3 Å². The Labute approximate surface area is 127 Å². The number of nitrogens with zero attached hydrogens (tertiary/aromatic N) is 1. The molecule has 0 N–H and O–H groups in total. The predicted molar refractivity (Wildman–Crippen MR) is 76.4 cm³/mol. The van der Waals surface area contributed by atoms with Gasteiger partial charge >= 0.3 is 12.1 Å². The summed E-state index contributed by atoms with van der Waals surface area (Å²) < 4.78 is 15.9. The molecule has 0 radical (unpaired) electrons. The molecule has 1 saturated heterocycles. The number of carbonyl (C=O) groups excluding carboxylic acids is 3. The van der Waals surface area contributed by atoms with E-state index in [0.29, 0.717) is 0 Å². The minimum absolute atomic E-state index is 0.0344. The quantitative estimate of drug-likeness (QED) is 0.304. The van der Waals surface area contributed by atoms with Crippen LogP contribution >= 0.6 is 11.9 Å². The largest absolute Gasteiger partial charge is 0.508 e. The molecule has 0 aromatic carbocycles. The molecule has 0 bridgehead atoms. The molecule has 1 fully saturated rings. The number of carbonyl (C=O) groups is 3. The van der Waals surface area contributed by atoms with Crippen LogP contribution < -0.4 is 0 Å². The highest BCUT2D eigenvalue weighted by Crippen LogP contribution is 2.37. The summed E-state index contributed by atoms with van der Waals surface area (Å²) in [5, 5.41) is 0. The van der Waals surface area contributed by atoms with Gasteiger partial charge in [-0.3, -0.25) is 13.9 Å². The Bertz CT molecular complexity index is 427. The van der Waals surface area contributed by atoms with Gasteiger partial charge in [-0.1, -0.05) is 24.6 Å². The highest BCUT2D eigenvalue weighted by Gasteiger charge is 2.52. The van der Waals surface area contributed by atoms with E-state index < -0.39 is 24.1 Å². The molecule has 0 spiro atoms. The Morgan fingerprint density at radius 3 is 2.71 bits per heavy atom. The number of hydrogen-bond acceptors (Lipinski definition) is 7. The van der Waals surface area contributed by atoms with Crippen LogP contribution in [0.3, 0.4) is 0 Å². The van der Waals surface area contributed by atoms with Crippen molar-refractivity contribution in [1.29, 1.82) is 0 Å². The van der Waals surface area contributed by atoms with E-state index in [9.17, 15) is 14.4 Å². The van der Waals surface area contributed by atoms with Crippen LogP contribution in [0.2, 0.25) is 0 Å². The second-order valence-corrected chi connectivity index (χ2v) is 5.15. The lowest BCUT2D eigenvalue weighted by Gasteiger charge is -2.46. The van der Waals surface area contributed by atoms with E-state index in [4.69, 9.17) is 9.47 Å². The molecular formula is C13H19NO6S. The normalized spacial score (nSPS) is 22.0. The van der Waals surface area contributed by atoms with Crippen LogP contribution in [0, 0.1) is 5.92 Å². The maximum Gasteiger partial charge on any atom is 0.508 e. The lowest BCUT2D eigenvalue weighted by Crippen LogP contribution is -2.62. The summed E-state index contributed by atoms with van der Waals surface area (Å²) >= 11 is 1.23. The Hall–Kier alpha value is -1.70. The topological polar surface area (TPSA) is 82.1 Å². The summed E-state index contributed by atoms with van der Waals surface area (Å²) in [5.41, 5.74) is 0. The van der Waals surface area contributed by atoms with Crippen molar-refractivity contribution in [3.8, 4) is 0 Å². The van der Waals surface area contributed by atoms with Crippen LogP contribution in [0.15, 0.2) is 12.7 Å². The summed E-state index contributed by atoms with van der Waals surface area (Å²) in [4.78, 5) is 34.8. The molecule has 0 unspecified atom stereocenters. The third-order valence-electron chi connectivity index (χ3n) is 3.13. The molecular weight excluding hydrogens is 298 g/mol. The molecule has 0 aromatic heterocycles. The number of β-lactam (4-membered cyclic amide) rings is 1. The van der Waals surface area contributed by atoms with E-state index in [1.54, 1.807) is 13.2 Å². The van der Waals surface area contributed by atoms with Gasteiger partial charge in [-0.25, -0.2) is 4.79 Å². The number of rotatable bonds is 7. The van der Waals surface area contributed by atoms with Crippen molar-refractivity contribution in [1.82, 2.24) is 4.31 Å². The molecule has 1 aliphatic heterocycles. The molecule has 118 valence electrons. The first-order chi connectivity index (χ1) is 9.96. The van der Waals surface area contributed by atoms with Gasteiger partial charge in [0.25, 0.3) is 0 Å². The Kier molecular flexibility index (Phi) is 6.54.